The molecule has 3 N–H and O–H groups in total. The summed E-state index contributed by atoms with van der Waals surface area (Å²) in [5.74, 6) is 0.435. The lowest BCUT2D eigenvalue weighted by atomic mass is 10.0. The van der Waals surface area contributed by atoms with E-state index in [1.807, 2.05) is 24.3 Å². The van der Waals surface area contributed by atoms with E-state index in [1.54, 1.807) is 26.2 Å². The Morgan fingerprint density at radius 1 is 1.23 bits per heavy atom. The Balaban J connectivity index is 1.87. The zero-order valence-corrected chi connectivity index (χ0v) is 15.1. The van der Waals surface area contributed by atoms with Gasteiger partial charge in [0.15, 0.2) is 0 Å². The Kier molecular flexibility index (Phi) is 7.62. The summed E-state index contributed by atoms with van der Waals surface area (Å²) in [6, 6.07) is 7.09. The quantitative estimate of drug-likeness (QED) is 0.598. The molecule has 0 bridgehead atoms. The van der Waals surface area contributed by atoms with Gasteiger partial charge in [-0.1, -0.05) is 37.3 Å². The molecule has 26 heavy (non-hydrogen) atoms. The van der Waals surface area contributed by atoms with Gasteiger partial charge in [0.2, 0.25) is 11.8 Å². The molecule has 1 aromatic rings. The van der Waals surface area contributed by atoms with E-state index in [0.717, 1.165) is 11.3 Å². The van der Waals surface area contributed by atoms with Crippen LogP contribution in [0.2, 0.25) is 0 Å². The van der Waals surface area contributed by atoms with Crippen molar-refractivity contribution in [3.8, 4) is 5.75 Å². The minimum Gasteiger partial charge on any atom is -0.496 e. The zero-order chi connectivity index (χ0) is 18.9. The third-order valence-corrected chi connectivity index (χ3v) is 4.17. The van der Waals surface area contributed by atoms with Crippen molar-refractivity contribution in [1.29, 1.82) is 0 Å². The SMILES string of the molecule is CCC(=O)N[C@H]1C=C[C@H](CC(=O)NCc2ccccc2OC)O[C@H]1CO. The largest absolute Gasteiger partial charge is 0.496 e. The first kappa shape index (κ1) is 19.9. The molecule has 0 spiro atoms. The number of methoxy groups -OCH3 is 1. The van der Waals surface area contributed by atoms with Gasteiger partial charge in [-0.3, -0.25) is 9.59 Å². The molecule has 1 aliphatic rings. The van der Waals surface area contributed by atoms with Crippen molar-refractivity contribution in [1.82, 2.24) is 10.6 Å². The normalized spacial score (nSPS) is 21.9. The number of hydrogen-bond acceptors (Lipinski definition) is 5. The van der Waals surface area contributed by atoms with E-state index in [2.05, 4.69) is 10.6 Å². The van der Waals surface area contributed by atoms with Crippen LogP contribution in [0.3, 0.4) is 0 Å². The van der Waals surface area contributed by atoms with Crippen molar-refractivity contribution in [3.63, 3.8) is 0 Å². The molecule has 7 nitrogen and oxygen atoms in total. The number of para-hydroxylation sites is 1. The first-order valence-corrected chi connectivity index (χ1v) is 8.70. The highest BCUT2D eigenvalue weighted by atomic mass is 16.5. The number of aliphatic hydroxyl groups is 1. The standard InChI is InChI=1S/C19H26N2O5/c1-3-18(23)21-15-9-8-14(26-17(15)12-22)10-19(24)20-11-13-6-4-5-7-16(13)25-2/h4-9,14-15,17,22H,3,10-12H2,1-2H3,(H,20,24)(H,21,23)/t14-,15+,17+/m1/s1. The lowest BCUT2D eigenvalue weighted by Gasteiger charge is -2.31. The number of rotatable bonds is 8. The van der Waals surface area contributed by atoms with Crippen LogP contribution in [0.1, 0.15) is 25.3 Å². The van der Waals surface area contributed by atoms with Crippen molar-refractivity contribution in [2.45, 2.75) is 44.6 Å². The minimum absolute atomic E-state index is 0.116. The lowest BCUT2D eigenvalue weighted by molar-refractivity contribution is -0.128. The van der Waals surface area contributed by atoms with Gasteiger partial charge in [-0.05, 0) is 6.07 Å². The van der Waals surface area contributed by atoms with Gasteiger partial charge in [0.25, 0.3) is 0 Å². The summed E-state index contributed by atoms with van der Waals surface area (Å²) < 4.78 is 11.0. The lowest BCUT2D eigenvalue weighted by Crippen LogP contribution is -2.48. The maximum Gasteiger partial charge on any atom is 0.223 e. The zero-order valence-electron chi connectivity index (χ0n) is 15.1. The highest BCUT2D eigenvalue weighted by molar-refractivity contribution is 5.77. The fourth-order valence-corrected chi connectivity index (χ4v) is 2.72. The molecule has 0 aromatic heterocycles. The topological polar surface area (TPSA) is 96.9 Å². The van der Waals surface area contributed by atoms with Gasteiger partial charge in [-0.25, -0.2) is 0 Å². The monoisotopic (exact) mass is 362 g/mol. The summed E-state index contributed by atoms with van der Waals surface area (Å²) >= 11 is 0. The van der Waals surface area contributed by atoms with Crippen LogP contribution in [0.25, 0.3) is 0 Å². The number of aliphatic hydroxyl groups excluding tert-OH is 1. The van der Waals surface area contributed by atoms with E-state index < -0.39 is 12.2 Å². The molecule has 1 heterocycles. The molecule has 0 fully saturated rings. The molecular formula is C19H26N2O5. The third kappa shape index (κ3) is 5.57. The molecule has 0 aliphatic carbocycles. The Hall–Kier alpha value is -2.38. The van der Waals surface area contributed by atoms with Gasteiger partial charge in [-0.15, -0.1) is 0 Å². The van der Waals surface area contributed by atoms with E-state index in [0.29, 0.717) is 13.0 Å². The molecular weight excluding hydrogens is 336 g/mol. The molecule has 1 aliphatic heterocycles. The molecule has 0 saturated carbocycles. The van der Waals surface area contributed by atoms with Crippen molar-refractivity contribution in [3.05, 3.63) is 42.0 Å². The van der Waals surface area contributed by atoms with E-state index in [4.69, 9.17) is 9.47 Å². The van der Waals surface area contributed by atoms with Gasteiger partial charge in [-0.2, -0.15) is 0 Å². The number of amides is 2. The van der Waals surface area contributed by atoms with Crippen molar-refractivity contribution in [2.24, 2.45) is 0 Å². The average molecular weight is 362 g/mol. The predicted molar refractivity (Wildman–Crippen MR) is 96.6 cm³/mol. The Morgan fingerprint density at radius 3 is 2.69 bits per heavy atom. The van der Waals surface area contributed by atoms with Crippen LogP contribution in [0, 0.1) is 0 Å². The fourth-order valence-electron chi connectivity index (χ4n) is 2.72. The Morgan fingerprint density at radius 2 is 2.00 bits per heavy atom. The summed E-state index contributed by atoms with van der Waals surface area (Å²) in [6.45, 7) is 1.88. The average Bonchev–Trinajstić information content (AvgIpc) is 2.67. The molecule has 0 unspecified atom stereocenters. The molecule has 142 valence electrons. The van der Waals surface area contributed by atoms with E-state index in [-0.39, 0.29) is 30.9 Å². The summed E-state index contributed by atoms with van der Waals surface area (Å²) in [5, 5.41) is 15.1. The maximum absolute atomic E-state index is 12.2. The van der Waals surface area contributed by atoms with Crippen LogP contribution in [0.5, 0.6) is 5.75 Å². The Labute approximate surface area is 153 Å². The first-order valence-electron chi connectivity index (χ1n) is 8.70. The summed E-state index contributed by atoms with van der Waals surface area (Å²) in [4.78, 5) is 23.7. The van der Waals surface area contributed by atoms with Gasteiger partial charge < -0.3 is 25.2 Å². The van der Waals surface area contributed by atoms with Gasteiger partial charge >= 0.3 is 0 Å². The van der Waals surface area contributed by atoms with Crippen molar-refractivity contribution >= 4 is 11.8 Å². The van der Waals surface area contributed by atoms with Gasteiger partial charge in [0, 0.05) is 18.5 Å². The molecule has 7 heteroatoms. The summed E-state index contributed by atoms with van der Waals surface area (Å²) in [7, 11) is 1.59. The van der Waals surface area contributed by atoms with Crippen LogP contribution in [0.15, 0.2) is 36.4 Å². The minimum atomic E-state index is -0.567. The number of nitrogens with one attached hydrogen (secondary N) is 2. The second kappa shape index (κ2) is 9.94. The molecule has 2 rings (SSSR count). The van der Waals surface area contributed by atoms with Crippen LogP contribution >= 0.6 is 0 Å². The van der Waals surface area contributed by atoms with Crippen LogP contribution in [-0.2, 0) is 20.9 Å². The molecule has 0 radical (unpaired) electrons. The van der Waals surface area contributed by atoms with E-state index in [9.17, 15) is 14.7 Å². The number of carbonyl (C=O) groups excluding carboxylic acids is 2. The van der Waals surface area contributed by atoms with Crippen LogP contribution in [0.4, 0.5) is 0 Å². The summed E-state index contributed by atoms with van der Waals surface area (Å²) in [6.07, 6.45) is 3.00. The van der Waals surface area contributed by atoms with Gasteiger partial charge in [0.1, 0.15) is 11.9 Å². The molecule has 2 amide bonds. The van der Waals surface area contributed by atoms with Crippen LogP contribution in [-0.4, -0.2) is 48.9 Å². The van der Waals surface area contributed by atoms with Crippen LogP contribution < -0.4 is 15.4 Å². The predicted octanol–water partition coefficient (Wildman–Crippen LogP) is 0.912. The highest BCUT2D eigenvalue weighted by Crippen LogP contribution is 2.18. The maximum atomic E-state index is 12.2. The first-order chi connectivity index (χ1) is 12.6. The number of benzene rings is 1. The van der Waals surface area contributed by atoms with Crippen molar-refractivity contribution in [2.75, 3.05) is 13.7 Å². The molecule has 1 aromatic carbocycles. The van der Waals surface area contributed by atoms with Gasteiger partial charge in [0.05, 0.1) is 32.3 Å². The molecule has 3 atom stereocenters. The second-order valence-corrected chi connectivity index (χ2v) is 6.02. The smallest absolute Gasteiger partial charge is 0.223 e. The number of carbonyl (C=O) groups is 2. The van der Waals surface area contributed by atoms with E-state index in [1.165, 1.54) is 0 Å². The molecule has 0 saturated heterocycles. The van der Waals surface area contributed by atoms with Crippen molar-refractivity contribution < 1.29 is 24.2 Å². The third-order valence-electron chi connectivity index (χ3n) is 4.17. The van der Waals surface area contributed by atoms with E-state index >= 15 is 0 Å². The number of ether oxygens (including phenoxy) is 2. The highest BCUT2D eigenvalue weighted by Gasteiger charge is 2.28. The Bertz CT molecular complexity index is 647. The fraction of sp³-hybridized carbons (Fsp3) is 0.474. The summed E-state index contributed by atoms with van der Waals surface area (Å²) in [5.41, 5.74) is 0.888. The number of hydrogen-bond donors (Lipinski definition) is 3. The second-order valence-electron chi connectivity index (χ2n) is 6.02.